The van der Waals surface area contributed by atoms with Crippen molar-refractivity contribution in [3.8, 4) is 0 Å². The van der Waals surface area contributed by atoms with E-state index in [1.807, 2.05) is 0 Å². The number of halogens is 5. The summed E-state index contributed by atoms with van der Waals surface area (Å²) in [6, 6.07) is 0. The Morgan fingerprint density at radius 1 is 1.00 bits per heavy atom. The second-order valence-corrected chi connectivity index (χ2v) is 20.0. The van der Waals surface area contributed by atoms with Gasteiger partial charge in [0.15, 0.2) is 0 Å². The Morgan fingerprint density at radius 3 is 1.00 bits per heavy atom. The summed E-state index contributed by atoms with van der Waals surface area (Å²) in [5.41, 5.74) is 0. The molecule has 0 aliphatic heterocycles. The number of hydrogen-bond acceptors (Lipinski definition) is 0. The van der Waals surface area contributed by atoms with Crippen molar-refractivity contribution in [3.63, 3.8) is 0 Å². The molecule has 6 heteroatoms. The zero-order valence-corrected chi connectivity index (χ0v) is 8.27. The molecule has 0 aliphatic carbocycles. The summed E-state index contributed by atoms with van der Waals surface area (Å²) in [6.45, 7) is 0. The maximum absolute atomic E-state index is 5.01. The predicted octanol–water partition coefficient (Wildman–Crippen LogP) is -0.506. The van der Waals surface area contributed by atoms with Crippen molar-refractivity contribution in [1.29, 1.82) is 0 Å². The van der Waals surface area contributed by atoms with Crippen molar-refractivity contribution in [2.24, 2.45) is 0 Å². The first-order chi connectivity index (χ1) is 2.00. The zero-order chi connectivity index (χ0) is 4.50. The Kier molecular flexibility index (Phi) is 7.13. The van der Waals surface area contributed by atoms with Crippen LogP contribution in [-0.4, -0.2) is 9.55 Å². The van der Waals surface area contributed by atoms with Crippen molar-refractivity contribution < 1.29 is 13.8 Å². The van der Waals surface area contributed by atoms with E-state index in [0.717, 1.165) is 0 Å². The normalized spacial score (nSPS) is 10.0. The fourth-order valence-corrected chi connectivity index (χ4v) is 0. The molecule has 0 saturated carbocycles. The summed E-state index contributed by atoms with van der Waals surface area (Å²) >= 11 is 0. The molecular weight excluding hydrogens is 250 g/mol. The van der Waals surface area contributed by atoms with Gasteiger partial charge in [-0.3, -0.25) is 0 Å². The van der Waals surface area contributed by atoms with Crippen LogP contribution >= 0.6 is 40.0 Å². The first kappa shape index (κ1) is 10.9. The largest absolute Gasteiger partial charge is 1.00 e. The minimum Gasteiger partial charge on any atom is 1.00 e. The molecule has 0 N–H and O–H groups in total. The van der Waals surface area contributed by atoms with Gasteiger partial charge in [0.2, 0.25) is 0 Å². The second kappa shape index (κ2) is 3.93. The smallest absolute Gasteiger partial charge is 1.00 e. The average Bonchev–Trinajstić information content (AvgIpc) is 0.722. The quantitative estimate of drug-likeness (QED) is 0.509. The molecule has 0 nitrogen and oxygen atoms in total. The Bertz CT molecular complexity index is 23.6. The molecule has 0 aromatic heterocycles. The monoisotopic (exact) mass is 250 g/mol. The van der Waals surface area contributed by atoms with Gasteiger partial charge in [-0.1, -0.05) is 0 Å². The van der Waals surface area contributed by atoms with E-state index in [-0.39, 0.29) is 13.8 Å². The number of rotatable bonds is 0. The molecule has 0 bridgehead atoms. The summed E-state index contributed by atoms with van der Waals surface area (Å²) < 4.78 is 0. The van der Waals surface area contributed by atoms with Crippen molar-refractivity contribution >= 4 is 49.6 Å². The third-order valence-electron chi connectivity index (χ3n) is 0. The van der Waals surface area contributed by atoms with E-state index >= 15 is 0 Å². The van der Waals surface area contributed by atoms with E-state index < -0.39 is 9.55 Å². The summed E-state index contributed by atoms with van der Waals surface area (Å²) in [5.74, 6) is 0. The predicted molar refractivity (Wildman–Crippen MR) is 30.3 cm³/mol. The van der Waals surface area contributed by atoms with E-state index in [2.05, 4.69) is 0 Å². The number of hydrogen-bond donors (Lipinski definition) is 0. The van der Waals surface area contributed by atoms with Gasteiger partial charge < -0.3 is 12.4 Å². The molecule has 6 heavy (non-hydrogen) atoms. The molecule has 0 amide bonds. The Hall–Kier alpha value is 1.99. The van der Waals surface area contributed by atoms with Crippen LogP contribution in [0.2, 0.25) is 0 Å². The van der Waals surface area contributed by atoms with E-state index in [1.54, 1.807) is 0 Å². The van der Waals surface area contributed by atoms with Crippen molar-refractivity contribution in [1.82, 2.24) is 0 Å². The van der Waals surface area contributed by atoms with Crippen LogP contribution in [0.4, 0.5) is 0 Å². The SMILES string of the molecule is [Cl-].[Cl][Ge]([Cl])([Cl])[Cl].[H+]. The fourth-order valence-electron chi connectivity index (χ4n) is 0. The second-order valence-electron chi connectivity index (χ2n) is 0.429. The minimum atomic E-state index is -3.11. The molecule has 0 fully saturated rings. The van der Waals surface area contributed by atoms with Crippen LogP contribution in [-0.2, 0) is 0 Å². The molecule has 0 aromatic rings. The fraction of sp³-hybridized carbons (Fsp3) is 0. The van der Waals surface area contributed by atoms with Gasteiger partial charge in [0.05, 0.1) is 0 Å². The molecule has 0 spiro atoms. The molecule has 0 aliphatic rings. The van der Waals surface area contributed by atoms with Gasteiger partial charge in [0.25, 0.3) is 0 Å². The van der Waals surface area contributed by atoms with Crippen molar-refractivity contribution in [3.05, 3.63) is 0 Å². The van der Waals surface area contributed by atoms with Gasteiger partial charge in [-0.2, -0.15) is 0 Å². The molecular formula is HCl5Ge. The summed E-state index contributed by atoms with van der Waals surface area (Å²) in [6.07, 6.45) is 0. The first-order valence-electron chi connectivity index (χ1n) is 0.756. The van der Waals surface area contributed by atoms with Gasteiger partial charge in [0, 0.05) is 0 Å². The van der Waals surface area contributed by atoms with Crippen LogP contribution < -0.4 is 12.4 Å². The molecule has 0 heterocycles. The Balaban J connectivity index is -0.0000000800. The summed E-state index contributed by atoms with van der Waals surface area (Å²) in [4.78, 5) is 0. The van der Waals surface area contributed by atoms with E-state index in [4.69, 9.17) is 40.0 Å². The molecule has 0 radical (unpaired) electrons. The van der Waals surface area contributed by atoms with Crippen molar-refractivity contribution in [2.45, 2.75) is 0 Å². The maximum atomic E-state index is 5.01. The molecule has 40 valence electrons. The minimum absolute atomic E-state index is 0. The first-order valence-corrected chi connectivity index (χ1v) is 11.8. The van der Waals surface area contributed by atoms with E-state index in [9.17, 15) is 0 Å². The Morgan fingerprint density at radius 2 is 1.00 bits per heavy atom. The van der Waals surface area contributed by atoms with Crippen LogP contribution in [0.15, 0.2) is 0 Å². The third kappa shape index (κ3) is 37.6. The van der Waals surface area contributed by atoms with Gasteiger partial charge in [-0.25, -0.2) is 0 Å². The average molecular weight is 251 g/mol. The van der Waals surface area contributed by atoms with Crippen molar-refractivity contribution in [2.75, 3.05) is 0 Å². The van der Waals surface area contributed by atoms with Crippen LogP contribution in [0.1, 0.15) is 1.43 Å². The maximum Gasteiger partial charge on any atom is 1.00 e. The van der Waals surface area contributed by atoms with E-state index in [1.165, 1.54) is 0 Å². The van der Waals surface area contributed by atoms with Crippen LogP contribution in [0, 0.1) is 0 Å². The Labute approximate surface area is 63.1 Å². The zero-order valence-electron chi connectivity index (χ0n) is 3.39. The summed E-state index contributed by atoms with van der Waals surface area (Å²) in [5, 5.41) is 0. The van der Waals surface area contributed by atoms with Gasteiger partial charge >= 0.3 is 51.0 Å². The van der Waals surface area contributed by atoms with Crippen LogP contribution in [0.3, 0.4) is 0 Å². The molecule has 0 aromatic carbocycles. The van der Waals surface area contributed by atoms with Crippen LogP contribution in [0.25, 0.3) is 0 Å². The van der Waals surface area contributed by atoms with Gasteiger partial charge in [0.1, 0.15) is 0 Å². The topological polar surface area (TPSA) is 0 Å². The molecule has 0 saturated heterocycles. The molecule has 0 rings (SSSR count). The third-order valence-corrected chi connectivity index (χ3v) is 0. The van der Waals surface area contributed by atoms with E-state index in [0.29, 0.717) is 0 Å². The molecule has 0 unspecified atom stereocenters. The molecule has 0 atom stereocenters. The van der Waals surface area contributed by atoms with Gasteiger partial charge in [-0.15, -0.1) is 0 Å². The van der Waals surface area contributed by atoms with Gasteiger partial charge in [-0.05, 0) is 0 Å². The standard InChI is InChI=1S/Cl4Ge.ClH/c1-5(2,3)4;/h;1H. The van der Waals surface area contributed by atoms with Crippen LogP contribution in [0.5, 0.6) is 0 Å². The summed E-state index contributed by atoms with van der Waals surface area (Å²) in [7, 11) is 16.9.